The number of carbonyl (C=O) groups is 3. The highest BCUT2D eigenvalue weighted by Crippen LogP contribution is 2.45. The number of urea groups is 1. The van der Waals surface area contributed by atoms with Gasteiger partial charge in [-0.05, 0) is 49.2 Å². The lowest BCUT2D eigenvalue weighted by molar-refractivity contribution is -0.125. The maximum atomic E-state index is 13.9. The van der Waals surface area contributed by atoms with Crippen molar-refractivity contribution in [2.24, 2.45) is 0 Å². The maximum Gasteiger partial charge on any atom is 0.332 e. The molecule has 2 N–H and O–H groups in total. The minimum Gasteiger partial charge on any atom is -0.467 e. The molecule has 0 unspecified atom stereocenters. The Hall–Kier alpha value is -4.33. The molecule has 2 aromatic heterocycles. The third-order valence-electron chi connectivity index (χ3n) is 6.86. The number of para-hydroxylation sites is 2. The van der Waals surface area contributed by atoms with Gasteiger partial charge in [0.2, 0.25) is 0 Å². The monoisotopic (exact) mass is 454 g/mol. The number of imide groups is 1. The SMILES string of the molecule is C[C@]12C(=O)N(c3ccccc3C(=O)NCc3ccco3)C(=O)N1CCc1c2[nH]c2ccccc12. The molecule has 2 aliphatic rings. The molecule has 34 heavy (non-hydrogen) atoms. The topological polar surface area (TPSA) is 98.7 Å². The second-order valence-electron chi connectivity index (χ2n) is 8.70. The van der Waals surface area contributed by atoms with E-state index in [0.29, 0.717) is 18.7 Å². The highest BCUT2D eigenvalue weighted by Gasteiger charge is 2.59. The summed E-state index contributed by atoms with van der Waals surface area (Å²) in [7, 11) is 0. The Labute approximate surface area is 195 Å². The largest absolute Gasteiger partial charge is 0.467 e. The summed E-state index contributed by atoms with van der Waals surface area (Å²) in [6.45, 7) is 2.39. The number of hydrogen-bond acceptors (Lipinski definition) is 4. The Morgan fingerprint density at radius 3 is 2.71 bits per heavy atom. The number of fused-ring (bicyclic) bond motifs is 5. The van der Waals surface area contributed by atoms with Crippen LogP contribution < -0.4 is 10.2 Å². The highest BCUT2D eigenvalue weighted by atomic mass is 16.3. The Morgan fingerprint density at radius 2 is 1.88 bits per heavy atom. The van der Waals surface area contributed by atoms with Gasteiger partial charge in [0, 0.05) is 17.4 Å². The zero-order chi connectivity index (χ0) is 23.4. The molecule has 2 aromatic carbocycles. The van der Waals surface area contributed by atoms with Gasteiger partial charge in [0.15, 0.2) is 5.54 Å². The highest BCUT2D eigenvalue weighted by molar-refractivity contribution is 6.25. The van der Waals surface area contributed by atoms with Gasteiger partial charge < -0.3 is 19.6 Å². The number of hydrogen-bond donors (Lipinski definition) is 2. The number of carbonyl (C=O) groups excluding carboxylic acids is 3. The predicted molar refractivity (Wildman–Crippen MR) is 125 cm³/mol. The van der Waals surface area contributed by atoms with E-state index in [1.165, 1.54) is 6.26 Å². The van der Waals surface area contributed by atoms with Crippen LogP contribution in [0.2, 0.25) is 0 Å². The van der Waals surface area contributed by atoms with Crippen LogP contribution in [0.25, 0.3) is 10.9 Å². The van der Waals surface area contributed by atoms with E-state index >= 15 is 0 Å². The zero-order valence-corrected chi connectivity index (χ0v) is 18.5. The molecule has 4 amide bonds. The second-order valence-corrected chi connectivity index (χ2v) is 8.70. The van der Waals surface area contributed by atoms with E-state index in [9.17, 15) is 14.4 Å². The molecule has 0 spiro atoms. The average Bonchev–Trinajstić information content (AvgIpc) is 3.55. The van der Waals surface area contributed by atoms with E-state index in [4.69, 9.17) is 4.42 Å². The average molecular weight is 454 g/mol. The molecule has 4 heterocycles. The summed E-state index contributed by atoms with van der Waals surface area (Å²) in [5.74, 6) is -0.166. The number of furan rings is 1. The number of H-pyrrole nitrogens is 1. The van der Waals surface area contributed by atoms with Crippen molar-refractivity contribution in [3.8, 4) is 0 Å². The summed E-state index contributed by atoms with van der Waals surface area (Å²) in [4.78, 5) is 46.7. The number of anilines is 1. The van der Waals surface area contributed by atoms with E-state index in [2.05, 4.69) is 10.3 Å². The van der Waals surface area contributed by atoms with Gasteiger partial charge in [0.05, 0.1) is 29.8 Å². The number of aromatic amines is 1. The Morgan fingerprint density at radius 1 is 1.09 bits per heavy atom. The van der Waals surface area contributed by atoms with E-state index in [0.717, 1.165) is 27.1 Å². The molecule has 6 rings (SSSR count). The van der Waals surface area contributed by atoms with Gasteiger partial charge in [0.1, 0.15) is 5.76 Å². The molecular weight excluding hydrogens is 432 g/mol. The van der Waals surface area contributed by atoms with Crippen LogP contribution in [-0.4, -0.2) is 34.3 Å². The van der Waals surface area contributed by atoms with Crippen molar-refractivity contribution in [1.82, 2.24) is 15.2 Å². The van der Waals surface area contributed by atoms with Gasteiger partial charge in [-0.15, -0.1) is 0 Å². The van der Waals surface area contributed by atoms with Crippen LogP contribution in [0.4, 0.5) is 10.5 Å². The minimum absolute atomic E-state index is 0.199. The van der Waals surface area contributed by atoms with Crippen molar-refractivity contribution < 1.29 is 18.8 Å². The molecule has 8 nitrogen and oxygen atoms in total. The fourth-order valence-electron chi connectivity index (χ4n) is 5.14. The summed E-state index contributed by atoms with van der Waals surface area (Å²) in [5, 5.41) is 3.86. The van der Waals surface area contributed by atoms with Gasteiger partial charge in [0.25, 0.3) is 11.8 Å². The third-order valence-corrected chi connectivity index (χ3v) is 6.86. The van der Waals surface area contributed by atoms with Gasteiger partial charge in [-0.1, -0.05) is 30.3 Å². The normalized spacial score (nSPS) is 19.4. The first-order valence-electron chi connectivity index (χ1n) is 11.2. The molecular formula is C26H22N4O4. The molecule has 1 atom stereocenters. The Balaban J connectivity index is 1.39. The van der Waals surface area contributed by atoms with E-state index in [1.54, 1.807) is 48.2 Å². The van der Waals surface area contributed by atoms with Gasteiger partial charge in [-0.3, -0.25) is 9.59 Å². The van der Waals surface area contributed by atoms with Crippen LogP contribution in [0, 0.1) is 0 Å². The van der Waals surface area contributed by atoms with Crippen LogP contribution in [0.3, 0.4) is 0 Å². The van der Waals surface area contributed by atoms with Crippen LogP contribution in [0.1, 0.15) is 34.3 Å². The third kappa shape index (κ3) is 2.75. The first-order chi connectivity index (χ1) is 16.5. The van der Waals surface area contributed by atoms with Crippen molar-refractivity contribution >= 4 is 34.4 Å². The quantitative estimate of drug-likeness (QED) is 0.457. The molecule has 0 saturated carbocycles. The fraction of sp³-hybridized carbons (Fsp3) is 0.192. The van der Waals surface area contributed by atoms with Crippen molar-refractivity contribution in [2.75, 3.05) is 11.4 Å². The first-order valence-corrected chi connectivity index (χ1v) is 11.2. The Bertz CT molecular complexity index is 1450. The molecule has 4 aromatic rings. The van der Waals surface area contributed by atoms with Crippen molar-refractivity contribution in [3.63, 3.8) is 0 Å². The van der Waals surface area contributed by atoms with Crippen LogP contribution in [-0.2, 0) is 23.3 Å². The first kappa shape index (κ1) is 20.3. The Kier molecular flexibility index (Phi) is 4.38. The molecule has 170 valence electrons. The second kappa shape index (κ2) is 7.34. The molecule has 1 fully saturated rings. The number of rotatable bonds is 4. The van der Waals surface area contributed by atoms with Crippen molar-refractivity contribution in [2.45, 2.75) is 25.4 Å². The van der Waals surface area contributed by atoms with E-state index in [-0.39, 0.29) is 23.7 Å². The summed E-state index contributed by atoms with van der Waals surface area (Å²) in [6, 6.07) is 17.7. The summed E-state index contributed by atoms with van der Waals surface area (Å²) in [6.07, 6.45) is 2.18. The predicted octanol–water partition coefficient (Wildman–Crippen LogP) is 3.93. The number of aromatic nitrogens is 1. The van der Waals surface area contributed by atoms with Crippen molar-refractivity contribution in [3.05, 3.63) is 89.5 Å². The van der Waals surface area contributed by atoms with Crippen LogP contribution in [0.15, 0.2) is 71.3 Å². The lowest BCUT2D eigenvalue weighted by atomic mass is 9.87. The number of amides is 4. The lowest BCUT2D eigenvalue weighted by Crippen LogP contribution is -2.49. The minimum atomic E-state index is -1.18. The van der Waals surface area contributed by atoms with E-state index < -0.39 is 17.5 Å². The molecule has 0 aliphatic carbocycles. The van der Waals surface area contributed by atoms with Gasteiger partial charge in [-0.2, -0.15) is 0 Å². The standard InChI is InChI=1S/C26H22N4O4/c1-26-22-18(17-8-2-4-10-20(17)28-22)12-13-29(26)25(33)30(24(26)32)21-11-5-3-9-19(21)23(31)27-15-16-7-6-14-34-16/h2-11,14,28H,12-13,15H2,1H3,(H,27,31)/t26-/m0/s1. The van der Waals surface area contributed by atoms with Gasteiger partial charge in [-0.25, -0.2) is 9.69 Å². The zero-order valence-electron chi connectivity index (χ0n) is 18.5. The number of benzene rings is 2. The summed E-state index contributed by atoms with van der Waals surface area (Å²) in [5.41, 5.74) is 2.06. The molecule has 0 radical (unpaired) electrons. The van der Waals surface area contributed by atoms with Crippen molar-refractivity contribution in [1.29, 1.82) is 0 Å². The smallest absolute Gasteiger partial charge is 0.332 e. The molecule has 0 bridgehead atoms. The molecule has 2 aliphatic heterocycles. The van der Waals surface area contributed by atoms with Crippen LogP contribution >= 0.6 is 0 Å². The number of nitrogens with one attached hydrogen (secondary N) is 2. The van der Waals surface area contributed by atoms with E-state index in [1.807, 2.05) is 24.3 Å². The maximum absolute atomic E-state index is 13.9. The lowest BCUT2D eigenvalue weighted by Gasteiger charge is -2.35. The summed E-state index contributed by atoms with van der Waals surface area (Å²) >= 11 is 0. The van der Waals surface area contributed by atoms with Gasteiger partial charge >= 0.3 is 6.03 Å². The fourth-order valence-corrected chi connectivity index (χ4v) is 5.14. The van der Waals surface area contributed by atoms with Crippen LogP contribution in [0.5, 0.6) is 0 Å². The number of nitrogens with zero attached hydrogens (tertiary/aromatic N) is 2. The summed E-state index contributed by atoms with van der Waals surface area (Å²) < 4.78 is 5.28. The molecule has 1 saturated heterocycles. The molecule has 8 heteroatoms.